The molecule has 0 aromatic heterocycles. The second kappa shape index (κ2) is 7.14. The van der Waals surface area contributed by atoms with Crippen LogP contribution in [0.1, 0.15) is 11.1 Å². The molecule has 0 aliphatic carbocycles. The highest BCUT2D eigenvalue weighted by Gasteiger charge is 2.11. The number of benzene rings is 2. The summed E-state index contributed by atoms with van der Waals surface area (Å²) in [5.41, 5.74) is 0.870. The second-order valence-electron chi connectivity index (χ2n) is 4.81. The number of ether oxygens (including phenoxy) is 1. The van der Waals surface area contributed by atoms with Gasteiger partial charge in [-0.3, -0.25) is 20.2 Å². The van der Waals surface area contributed by atoms with Gasteiger partial charge in [-0.15, -0.1) is 0 Å². The molecule has 0 bridgehead atoms. The van der Waals surface area contributed by atoms with Gasteiger partial charge in [0.05, 0.1) is 9.85 Å². The molecule has 24 heavy (non-hydrogen) atoms. The normalized spacial score (nSPS) is 10.5. The predicted octanol–water partition coefficient (Wildman–Crippen LogP) is 3.43. The minimum absolute atomic E-state index is 0.0453. The van der Waals surface area contributed by atoms with Crippen LogP contribution in [0.2, 0.25) is 0 Å². The van der Waals surface area contributed by atoms with E-state index in [4.69, 9.17) is 4.74 Å². The van der Waals surface area contributed by atoms with Gasteiger partial charge in [0.15, 0.2) is 0 Å². The van der Waals surface area contributed by atoms with Crippen molar-refractivity contribution in [2.24, 2.45) is 0 Å². The van der Waals surface area contributed by atoms with E-state index in [1.807, 2.05) is 0 Å². The van der Waals surface area contributed by atoms with Crippen LogP contribution in [0.5, 0.6) is 5.75 Å². The zero-order chi connectivity index (χ0) is 17.7. The van der Waals surface area contributed by atoms with Crippen LogP contribution in [0.25, 0.3) is 6.08 Å². The van der Waals surface area contributed by atoms with Gasteiger partial charge in [0.1, 0.15) is 5.75 Å². The van der Waals surface area contributed by atoms with Crippen molar-refractivity contribution in [2.45, 2.75) is 6.92 Å². The lowest BCUT2D eigenvalue weighted by atomic mass is 10.2. The molecule has 0 spiro atoms. The van der Waals surface area contributed by atoms with Crippen molar-refractivity contribution in [1.82, 2.24) is 0 Å². The summed E-state index contributed by atoms with van der Waals surface area (Å²) in [5, 5.41) is 21.3. The molecule has 0 unspecified atom stereocenters. The largest absolute Gasteiger partial charge is 0.423 e. The Labute approximate surface area is 136 Å². The SMILES string of the molecule is Cc1cc(OC(=O)/C=C/c2ccc([N+](=O)[O-])cc2)ccc1[N+](=O)[O-]. The van der Waals surface area contributed by atoms with Crippen LogP contribution in [0.4, 0.5) is 11.4 Å². The molecule has 0 radical (unpaired) electrons. The molecular formula is C16H12N2O6. The summed E-state index contributed by atoms with van der Waals surface area (Å²) in [6.45, 7) is 1.54. The minimum atomic E-state index is -0.665. The van der Waals surface area contributed by atoms with E-state index in [0.29, 0.717) is 11.1 Å². The molecule has 0 amide bonds. The van der Waals surface area contributed by atoms with Crippen molar-refractivity contribution in [1.29, 1.82) is 0 Å². The highest BCUT2D eigenvalue weighted by molar-refractivity contribution is 5.88. The summed E-state index contributed by atoms with van der Waals surface area (Å²) in [4.78, 5) is 32.0. The maximum absolute atomic E-state index is 11.7. The number of rotatable bonds is 5. The third-order valence-electron chi connectivity index (χ3n) is 3.10. The van der Waals surface area contributed by atoms with Crippen molar-refractivity contribution in [3.05, 3.63) is 79.9 Å². The summed E-state index contributed by atoms with van der Waals surface area (Å²) in [6, 6.07) is 9.64. The zero-order valence-electron chi connectivity index (χ0n) is 12.5. The first-order valence-electron chi connectivity index (χ1n) is 6.76. The number of non-ortho nitro benzene ring substituents is 1. The van der Waals surface area contributed by atoms with E-state index in [2.05, 4.69) is 0 Å². The standard InChI is InChI=1S/C16H12N2O6/c1-11-10-14(7-8-15(11)18(22)23)24-16(19)9-4-12-2-5-13(6-3-12)17(20)21/h2-10H,1H3/b9-4+. The van der Waals surface area contributed by atoms with E-state index in [1.54, 1.807) is 6.92 Å². The molecule has 0 N–H and O–H groups in total. The third kappa shape index (κ3) is 4.23. The Kier molecular flexibility index (Phi) is 5.00. The number of nitrogens with zero attached hydrogens (tertiary/aromatic N) is 2. The van der Waals surface area contributed by atoms with Crippen LogP contribution in [0.15, 0.2) is 48.5 Å². The molecule has 8 nitrogen and oxygen atoms in total. The Morgan fingerprint density at radius 3 is 2.25 bits per heavy atom. The Morgan fingerprint density at radius 2 is 1.71 bits per heavy atom. The summed E-state index contributed by atoms with van der Waals surface area (Å²) in [5.74, 6) is -0.474. The van der Waals surface area contributed by atoms with Crippen LogP contribution >= 0.6 is 0 Å². The monoisotopic (exact) mass is 328 g/mol. The molecule has 2 rings (SSSR count). The average Bonchev–Trinajstić information content (AvgIpc) is 2.53. The summed E-state index contributed by atoms with van der Waals surface area (Å²) < 4.78 is 5.06. The van der Waals surface area contributed by atoms with Crippen LogP contribution < -0.4 is 4.74 Å². The number of nitro groups is 2. The van der Waals surface area contributed by atoms with Gasteiger partial charge in [-0.2, -0.15) is 0 Å². The molecule has 0 saturated carbocycles. The topological polar surface area (TPSA) is 113 Å². The van der Waals surface area contributed by atoms with Gasteiger partial charge in [-0.25, -0.2) is 4.79 Å². The maximum Gasteiger partial charge on any atom is 0.336 e. The Hall–Kier alpha value is -3.55. The van der Waals surface area contributed by atoms with Gasteiger partial charge in [0, 0.05) is 29.8 Å². The smallest absolute Gasteiger partial charge is 0.336 e. The van der Waals surface area contributed by atoms with Gasteiger partial charge in [0.2, 0.25) is 0 Å². The number of aryl methyl sites for hydroxylation is 1. The number of esters is 1. The highest BCUT2D eigenvalue weighted by Crippen LogP contribution is 2.23. The predicted molar refractivity (Wildman–Crippen MR) is 85.6 cm³/mol. The molecule has 0 fully saturated rings. The van der Waals surface area contributed by atoms with Crippen molar-refractivity contribution >= 4 is 23.4 Å². The molecule has 2 aromatic rings. The van der Waals surface area contributed by atoms with Crippen LogP contribution in [-0.4, -0.2) is 15.8 Å². The summed E-state index contributed by atoms with van der Waals surface area (Å²) in [6.07, 6.45) is 2.61. The second-order valence-corrected chi connectivity index (χ2v) is 4.81. The molecule has 0 atom stereocenters. The average molecular weight is 328 g/mol. The Bertz CT molecular complexity index is 827. The fraction of sp³-hybridized carbons (Fsp3) is 0.0625. The zero-order valence-corrected chi connectivity index (χ0v) is 12.5. The molecule has 122 valence electrons. The Balaban J connectivity index is 2.03. The van der Waals surface area contributed by atoms with Gasteiger partial charge >= 0.3 is 5.97 Å². The Morgan fingerprint density at radius 1 is 1.04 bits per heavy atom. The van der Waals surface area contributed by atoms with Gasteiger partial charge in [0.25, 0.3) is 11.4 Å². The quantitative estimate of drug-likeness (QED) is 0.273. The van der Waals surface area contributed by atoms with Gasteiger partial charge in [-0.05, 0) is 42.8 Å². The summed E-state index contributed by atoms with van der Waals surface area (Å²) >= 11 is 0. The van der Waals surface area contributed by atoms with Crippen molar-refractivity contribution < 1.29 is 19.4 Å². The molecule has 0 saturated heterocycles. The lowest BCUT2D eigenvalue weighted by Crippen LogP contribution is -2.04. The summed E-state index contributed by atoms with van der Waals surface area (Å²) in [7, 11) is 0. The number of carbonyl (C=O) groups is 1. The van der Waals surface area contributed by atoms with E-state index >= 15 is 0 Å². The molecular weight excluding hydrogens is 316 g/mol. The van der Waals surface area contributed by atoms with E-state index in [0.717, 1.165) is 6.08 Å². The lowest BCUT2D eigenvalue weighted by Gasteiger charge is -2.03. The molecule has 0 heterocycles. The number of carbonyl (C=O) groups excluding carboxylic acids is 1. The molecule has 8 heteroatoms. The first-order valence-corrected chi connectivity index (χ1v) is 6.76. The van der Waals surface area contributed by atoms with E-state index in [9.17, 15) is 25.0 Å². The van der Waals surface area contributed by atoms with Crippen LogP contribution in [-0.2, 0) is 4.79 Å². The van der Waals surface area contributed by atoms with Gasteiger partial charge < -0.3 is 4.74 Å². The van der Waals surface area contributed by atoms with E-state index in [1.165, 1.54) is 48.5 Å². The number of hydrogen-bond donors (Lipinski definition) is 0. The van der Waals surface area contributed by atoms with Crippen LogP contribution in [0.3, 0.4) is 0 Å². The minimum Gasteiger partial charge on any atom is -0.423 e. The number of hydrogen-bond acceptors (Lipinski definition) is 6. The first-order chi connectivity index (χ1) is 11.4. The van der Waals surface area contributed by atoms with Crippen molar-refractivity contribution in [3.63, 3.8) is 0 Å². The van der Waals surface area contributed by atoms with Gasteiger partial charge in [-0.1, -0.05) is 0 Å². The fourth-order valence-corrected chi connectivity index (χ4v) is 1.92. The van der Waals surface area contributed by atoms with Crippen LogP contribution in [0, 0.1) is 27.2 Å². The fourth-order valence-electron chi connectivity index (χ4n) is 1.92. The third-order valence-corrected chi connectivity index (χ3v) is 3.10. The lowest BCUT2D eigenvalue weighted by molar-refractivity contribution is -0.385. The maximum atomic E-state index is 11.7. The highest BCUT2D eigenvalue weighted by atomic mass is 16.6. The molecule has 0 aliphatic heterocycles. The molecule has 2 aromatic carbocycles. The van der Waals surface area contributed by atoms with E-state index in [-0.39, 0.29) is 17.1 Å². The number of nitro benzene ring substituents is 2. The molecule has 0 aliphatic rings. The first kappa shape index (κ1) is 16.8. The van der Waals surface area contributed by atoms with E-state index < -0.39 is 15.8 Å². The van der Waals surface area contributed by atoms with Crippen molar-refractivity contribution in [3.8, 4) is 5.75 Å². The van der Waals surface area contributed by atoms with Crippen molar-refractivity contribution in [2.75, 3.05) is 0 Å².